The molecule has 14 heavy (non-hydrogen) atoms. The van der Waals surface area contributed by atoms with E-state index in [1.165, 1.54) is 0 Å². The minimum absolute atomic E-state index is 0.00105. The third-order valence-corrected chi connectivity index (χ3v) is 3.21. The summed E-state index contributed by atoms with van der Waals surface area (Å²) >= 11 is 12.0. The Morgan fingerprint density at radius 1 is 1.29 bits per heavy atom. The van der Waals surface area contributed by atoms with Gasteiger partial charge in [-0.2, -0.15) is 0 Å². The van der Waals surface area contributed by atoms with Crippen LogP contribution in [0.2, 0.25) is 0 Å². The van der Waals surface area contributed by atoms with Crippen LogP contribution in [0.5, 0.6) is 0 Å². The van der Waals surface area contributed by atoms with Crippen molar-refractivity contribution in [2.24, 2.45) is 0 Å². The molecule has 0 heterocycles. The molecule has 2 nitrogen and oxygen atoms in total. The SMILES string of the molecule is CCOC(=O)CCCC(Cl)C(Cl)CC. The third-order valence-electron chi connectivity index (χ3n) is 1.95. The average molecular weight is 241 g/mol. The van der Waals surface area contributed by atoms with Crippen molar-refractivity contribution >= 4 is 29.2 Å². The van der Waals surface area contributed by atoms with Crippen LogP contribution in [0.25, 0.3) is 0 Å². The van der Waals surface area contributed by atoms with Gasteiger partial charge in [-0.05, 0) is 26.2 Å². The van der Waals surface area contributed by atoms with Gasteiger partial charge in [0.25, 0.3) is 0 Å². The molecule has 0 amide bonds. The molecule has 0 radical (unpaired) electrons. The molecular weight excluding hydrogens is 223 g/mol. The molecule has 0 bridgehead atoms. The number of hydrogen-bond donors (Lipinski definition) is 0. The molecule has 0 fully saturated rings. The molecule has 0 N–H and O–H groups in total. The van der Waals surface area contributed by atoms with E-state index >= 15 is 0 Å². The lowest BCUT2D eigenvalue weighted by Crippen LogP contribution is -2.14. The zero-order valence-electron chi connectivity index (χ0n) is 8.76. The van der Waals surface area contributed by atoms with Gasteiger partial charge in [0.15, 0.2) is 0 Å². The second kappa shape index (κ2) is 8.37. The Kier molecular flexibility index (Phi) is 8.40. The Morgan fingerprint density at radius 3 is 2.43 bits per heavy atom. The number of carbonyl (C=O) groups excluding carboxylic acids is 1. The highest BCUT2D eigenvalue weighted by Crippen LogP contribution is 2.19. The van der Waals surface area contributed by atoms with Crippen LogP contribution in [0.4, 0.5) is 0 Å². The summed E-state index contributed by atoms with van der Waals surface area (Å²) in [7, 11) is 0. The fourth-order valence-electron chi connectivity index (χ4n) is 1.11. The predicted molar refractivity (Wildman–Crippen MR) is 60.1 cm³/mol. The maximum absolute atomic E-state index is 11.0. The Hall–Kier alpha value is 0.0500. The zero-order valence-corrected chi connectivity index (χ0v) is 10.3. The highest BCUT2D eigenvalue weighted by Gasteiger charge is 2.14. The van der Waals surface area contributed by atoms with E-state index in [0.29, 0.717) is 13.0 Å². The molecule has 0 aromatic rings. The number of alkyl halides is 2. The molecule has 0 aliphatic carbocycles. The predicted octanol–water partition coefficient (Wildman–Crippen LogP) is 3.34. The van der Waals surface area contributed by atoms with E-state index in [2.05, 4.69) is 0 Å². The number of esters is 1. The van der Waals surface area contributed by atoms with Gasteiger partial charge in [-0.15, -0.1) is 23.2 Å². The van der Waals surface area contributed by atoms with E-state index in [-0.39, 0.29) is 16.7 Å². The molecule has 0 aromatic carbocycles. The van der Waals surface area contributed by atoms with Crippen molar-refractivity contribution in [1.82, 2.24) is 0 Å². The Bertz CT molecular complexity index is 162. The second-order valence-electron chi connectivity index (χ2n) is 3.14. The maximum Gasteiger partial charge on any atom is 0.305 e. The fourth-order valence-corrected chi connectivity index (χ4v) is 1.57. The summed E-state index contributed by atoms with van der Waals surface area (Å²) in [5.74, 6) is -0.154. The number of ether oxygens (including phenoxy) is 1. The number of hydrogen-bond acceptors (Lipinski definition) is 2. The van der Waals surface area contributed by atoms with Crippen molar-refractivity contribution in [3.8, 4) is 0 Å². The van der Waals surface area contributed by atoms with Crippen molar-refractivity contribution < 1.29 is 9.53 Å². The van der Waals surface area contributed by atoms with E-state index < -0.39 is 0 Å². The molecule has 0 aliphatic rings. The fraction of sp³-hybridized carbons (Fsp3) is 0.900. The normalized spacial score (nSPS) is 14.9. The molecule has 0 aliphatic heterocycles. The van der Waals surface area contributed by atoms with Gasteiger partial charge in [0.2, 0.25) is 0 Å². The van der Waals surface area contributed by atoms with Crippen LogP contribution in [0.3, 0.4) is 0 Å². The lowest BCUT2D eigenvalue weighted by atomic mass is 10.1. The molecule has 0 spiro atoms. The van der Waals surface area contributed by atoms with Gasteiger partial charge in [0.05, 0.1) is 6.61 Å². The monoisotopic (exact) mass is 240 g/mol. The first-order valence-corrected chi connectivity index (χ1v) is 5.92. The van der Waals surface area contributed by atoms with Crippen molar-refractivity contribution in [3.05, 3.63) is 0 Å². The van der Waals surface area contributed by atoms with Crippen LogP contribution in [-0.2, 0) is 9.53 Å². The minimum Gasteiger partial charge on any atom is -0.466 e. The first-order valence-electron chi connectivity index (χ1n) is 5.05. The summed E-state index contributed by atoms with van der Waals surface area (Å²) in [4.78, 5) is 11.0. The van der Waals surface area contributed by atoms with E-state index in [0.717, 1.165) is 19.3 Å². The smallest absolute Gasteiger partial charge is 0.305 e. The molecule has 84 valence electrons. The van der Waals surface area contributed by atoms with E-state index in [4.69, 9.17) is 27.9 Å². The highest BCUT2D eigenvalue weighted by molar-refractivity contribution is 6.29. The van der Waals surface area contributed by atoms with Crippen LogP contribution < -0.4 is 0 Å². The topological polar surface area (TPSA) is 26.3 Å². The first-order chi connectivity index (χ1) is 6.61. The van der Waals surface area contributed by atoms with E-state index in [1.807, 2.05) is 6.92 Å². The van der Waals surface area contributed by atoms with E-state index in [1.54, 1.807) is 6.92 Å². The summed E-state index contributed by atoms with van der Waals surface area (Å²) in [6.07, 6.45) is 2.80. The highest BCUT2D eigenvalue weighted by atomic mass is 35.5. The lowest BCUT2D eigenvalue weighted by molar-refractivity contribution is -0.143. The number of carbonyl (C=O) groups is 1. The lowest BCUT2D eigenvalue weighted by Gasteiger charge is -2.13. The standard InChI is InChI=1S/C10H18Cl2O2/c1-3-8(11)9(12)6-5-7-10(13)14-4-2/h8-9H,3-7H2,1-2H3. The van der Waals surface area contributed by atoms with Gasteiger partial charge >= 0.3 is 5.97 Å². The third kappa shape index (κ3) is 6.50. The zero-order chi connectivity index (χ0) is 11.0. The second-order valence-corrected chi connectivity index (χ2v) is 4.26. The summed E-state index contributed by atoms with van der Waals surface area (Å²) in [5, 5.41) is -0.0463. The van der Waals surface area contributed by atoms with Gasteiger partial charge in [-0.1, -0.05) is 6.92 Å². The number of halogens is 2. The molecular formula is C10H18Cl2O2. The van der Waals surface area contributed by atoms with Crippen molar-refractivity contribution in [2.75, 3.05) is 6.61 Å². The van der Waals surface area contributed by atoms with Gasteiger partial charge in [-0.25, -0.2) is 0 Å². The van der Waals surface area contributed by atoms with Crippen LogP contribution in [-0.4, -0.2) is 23.3 Å². The summed E-state index contributed by atoms with van der Waals surface area (Å²) in [6.45, 7) is 4.24. The molecule has 2 atom stereocenters. The van der Waals surface area contributed by atoms with Crippen LogP contribution in [0, 0.1) is 0 Å². The minimum atomic E-state index is -0.154. The van der Waals surface area contributed by atoms with Crippen molar-refractivity contribution in [3.63, 3.8) is 0 Å². The Labute approximate surface area is 95.9 Å². The van der Waals surface area contributed by atoms with Crippen LogP contribution in [0.15, 0.2) is 0 Å². The van der Waals surface area contributed by atoms with Gasteiger partial charge in [0, 0.05) is 17.2 Å². The van der Waals surface area contributed by atoms with Crippen LogP contribution >= 0.6 is 23.2 Å². The Balaban J connectivity index is 3.48. The maximum atomic E-state index is 11.0. The average Bonchev–Trinajstić information content (AvgIpc) is 2.16. The van der Waals surface area contributed by atoms with Crippen molar-refractivity contribution in [2.45, 2.75) is 50.3 Å². The van der Waals surface area contributed by atoms with Crippen LogP contribution in [0.1, 0.15) is 39.5 Å². The number of rotatable bonds is 7. The molecule has 0 rings (SSSR count). The van der Waals surface area contributed by atoms with Gasteiger partial charge in [-0.3, -0.25) is 4.79 Å². The molecule has 0 saturated carbocycles. The molecule has 2 unspecified atom stereocenters. The van der Waals surface area contributed by atoms with Gasteiger partial charge < -0.3 is 4.74 Å². The molecule has 0 saturated heterocycles. The molecule has 0 aromatic heterocycles. The van der Waals surface area contributed by atoms with Crippen molar-refractivity contribution in [1.29, 1.82) is 0 Å². The Morgan fingerprint density at radius 2 is 1.93 bits per heavy atom. The summed E-state index contributed by atoms with van der Waals surface area (Å²) in [6, 6.07) is 0. The first kappa shape index (κ1) is 14.1. The molecule has 4 heteroatoms. The largest absolute Gasteiger partial charge is 0.466 e. The summed E-state index contributed by atoms with van der Waals surface area (Å²) in [5.41, 5.74) is 0. The summed E-state index contributed by atoms with van der Waals surface area (Å²) < 4.78 is 4.80. The van der Waals surface area contributed by atoms with Gasteiger partial charge in [0.1, 0.15) is 0 Å². The van der Waals surface area contributed by atoms with E-state index in [9.17, 15) is 4.79 Å². The quantitative estimate of drug-likeness (QED) is 0.504.